The van der Waals surface area contributed by atoms with Gasteiger partial charge in [0, 0.05) is 45.0 Å². The molecule has 26 heavy (non-hydrogen) atoms. The van der Waals surface area contributed by atoms with Crippen LogP contribution in [0, 0.1) is 13.8 Å². The van der Waals surface area contributed by atoms with Crippen molar-refractivity contribution in [3.8, 4) is 0 Å². The van der Waals surface area contributed by atoms with E-state index in [1.807, 2.05) is 24.8 Å². The van der Waals surface area contributed by atoms with Crippen LogP contribution < -0.4 is 21.5 Å². The van der Waals surface area contributed by atoms with Crippen molar-refractivity contribution >= 4 is 11.7 Å². The molecule has 0 unspecified atom stereocenters. The first kappa shape index (κ1) is 18.0. The smallest absolute Gasteiger partial charge is 0.332 e. The third-order valence-electron chi connectivity index (χ3n) is 4.77. The van der Waals surface area contributed by atoms with Gasteiger partial charge in [-0.2, -0.15) is 5.10 Å². The Labute approximate surface area is 150 Å². The molecule has 3 rings (SSSR count). The molecule has 1 N–H and O–H groups in total. The van der Waals surface area contributed by atoms with Crippen molar-refractivity contribution in [2.75, 3.05) is 18.0 Å². The number of amides is 1. The Morgan fingerprint density at radius 2 is 1.96 bits per heavy atom. The number of aromatic nitrogens is 4. The van der Waals surface area contributed by atoms with Crippen molar-refractivity contribution in [2.45, 2.75) is 32.9 Å². The Morgan fingerprint density at radius 3 is 2.62 bits per heavy atom. The van der Waals surface area contributed by atoms with Crippen molar-refractivity contribution in [1.82, 2.24) is 24.2 Å². The Morgan fingerprint density at radius 1 is 1.23 bits per heavy atom. The van der Waals surface area contributed by atoms with Gasteiger partial charge in [-0.3, -0.25) is 23.4 Å². The summed E-state index contributed by atoms with van der Waals surface area (Å²) >= 11 is 0. The molecule has 9 nitrogen and oxygen atoms in total. The SMILES string of the molecule is Cc1cc(C)n(CC(=O)N[C@H]2CCN(c3cc(=O)n(C)c(=O)n3C)C2)n1. The summed E-state index contributed by atoms with van der Waals surface area (Å²) in [6, 6.07) is 3.36. The number of hydrogen-bond acceptors (Lipinski definition) is 5. The normalized spacial score (nSPS) is 16.9. The standard InChI is InChI=1S/C17H24N6O3/c1-11-7-12(2)23(19-11)10-14(24)18-13-5-6-22(9-13)15-8-16(25)21(4)17(26)20(15)3/h7-8,13H,5-6,9-10H2,1-4H3,(H,18,24)/t13-/m0/s1. The van der Waals surface area contributed by atoms with E-state index in [1.165, 1.54) is 17.7 Å². The molecule has 1 atom stereocenters. The zero-order valence-corrected chi connectivity index (χ0v) is 15.5. The summed E-state index contributed by atoms with van der Waals surface area (Å²) in [5, 5.41) is 7.31. The predicted octanol–water partition coefficient (Wildman–Crippen LogP) is -0.708. The molecular formula is C17H24N6O3. The average molecular weight is 360 g/mol. The van der Waals surface area contributed by atoms with Gasteiger partial charge in [0.15, 0.2) is 0 Å². The van der Waals surface area contributed by atoms with Gasteiger partial charge in [-0.25, -0.2) is 4.79 Å². The van der Waals surface area contributed by atoms with E-state index < -0.39 is 0 Å². The lowest BCUT2D eigenvalue weighted by Gasteiger charge is -2.21. The van der Waals surface area contributed by atoms with Gasteiger partial charge in [0.05, 0.1) is 5.69 Å². The summed E-state index contributed by atoms with van der Waals surface area (Å²) in [5.74, 6) is 0.481. The molecular weight excluding hydrogens is 336 g/mol. The number of nitrogens with one attached hydrogen (secondary N) is 1. The maximum atomic E-state index is 12.3. The van der Waals surface area contributed by atoms with Gasteiger partial charge in [0.25, 0.3) is 5.56 Å². The van der Waals surface area contributed by atoms with Crippen LogP contribution in [0.15, 0.2) is 21.7 Å². The molecule has 0 spiro atoms. The van der Waals surface area contributed by atoms with Crippen LogP contribution in [-0.4, -0.2) is 44.0 Å². The van der Waals surface area contributed by atoms with Crippen molar-refractivity contribution in [3.63, 3.8) is 0 Å². The molecule has 1 aliphatic heterocycles. The summed E-state index contributed by atoms with van der Waals surface area (Å²) < 4.78 is 4.22. The molecule has 0 aromatic carbocycles. The van der Waals surface area contributed by atoms with E-state index in [4.69, 9.17) is 0 Å². The first-order chi connectivity index (χ1) is 12.3. The maximum absolute atomic E-state index is 12.3. The Balaban J connectivity index is 1.66. The second-order valence-electron chi connectivity index (χ2n) is 6.83. The predicted molar refractivity (Wildman–Crippen MR) is 97.4 cm³/mol. The summed E-state index contributed by atoms with van der Waals surface area (Å²) in [6.07, 6.45) is 0.756. The average Bonchev–Trinajstić information content (AvgIpc) is 3.15. The van der Waals surface area contributed by atoms with Gasteiger partial charge in [0.1, 0.15) is 12.4 Å². The topological polar surface area (TPSA) is 94.2 Å². The third-order valence-corrected chi connectivity index (χ3v) is 4.77. The number of aryl methyl sites for hydroxylation is 2. The lowest BCUT2D eigenvalue weighted by molar-refractivity contribution is -0.122. The lowest BCUT2D eigenvalue weighted by Crippen LogP contribution is -2.42. The zero-order chi connectivity index (χ0) is 19.0. The van der Waals surface area contributed by atoms with Crippen molar-refractivity contribution in [2.24, 2.45) is 14.1 Å². The largest absolute Gasteiger partial charge is 0.356 e. The fourth-order valence-corrected chi connectivity index (χ4v) is 3.36. The molecule has 0 bridgehead atoms. The first-order valence-electron chi connectivity index (χ1n) is 8.58. The second kappa shape index (κ2) is 6.81. The lowest BCUT2D eigenvalue weighted by atomic mass is 10.2. The number of carbonyl (C=O) groups is 1. The highest BCUT2D eigenvalue weighted by Crippen LogP contribution is 2.17. The maximum Gasteiger partial charge on any atom is 0.332 e. The molecule has 140 valence electrons. The van der Waals surface area contributed by atoms with E-state index in [0.717, 1.165) is 22.4 Å². The van der Waals surface area contributed by atoms with Crippen LogP contribution in [0.3, 0.4) is 0 Å². The Kier molecular flexibility index (Phi) is 4.71. The molecule has 1 fully saturated rings. The van der Waals surface area contributed by atoms with Crippen LogP contribution in [0.5, 0.6) is 0 Å². The molecule has 1 saturated heterocycles. The minimum atomic E-state index is -0.357. The van der Waals surface area contributed by atoms with E-state index in [0.29, 0.717) is 18.9 Å². The summed E-state index contributed by atoms with van der Waals surface area (Å²) in [4.78, 5) is 38.2. The van der Waals surface area contributed by atoms with Crippen molar-refractivity contribution in [1.29, 1.82) is 0 Å². The fourth-order valence-electron chi connectivity index (χ4n) is 3.36. The molecule has 2 aromatic heterocycles. The van der Waals surface area contributed by atoms with E-state index in [1.54, 1.807) is 11.7 Å². The van der Waals surface area contributed by atoms with Crippen LogP contribution in [-0.2, 0) is 25.4 Å². The van der Waals surface area contributed by atoms with Crippen molar-refractivity contribution in [3.05, 3.63) is 44.4 Å². The Bertz CT molecular complexity index is 954. The number of hydrogen-bond donors (Lipinski definition) is 1. The minimum absolute atomic E-state index is 0.0291. The molecule has 0 saturated carbocycles. The van der Waals surface area contributed by atoms with E-state index in [2.05, 4.69) is 10.4 Å². The highest BCUT2D eigenvalue weighted by Gasteiger charge is 2.26. The van der Waals surface area contributed by atoms with Gasteiger partial charge in [-0.15, -0.1) is 0 Å². The van der Waals surface area contributed by atoms with Crippen molar-refractivity contribution < 1.29 is 4.79 Å². The number of anilines is 1. The van der Waals surface area contributed by atoms with Gasteiger partial charge in [-0.1, -0.05) is 0 Å². The zero-order valence-electron chi connectivity index (χ0n) is 15.5. The molecule has 1 aliphatic rings. The molecule has 3 heterocycles. The number of carbonyl (C=O) groups excluding carboxylic acids is 1. The highest BCUT2D eigenvalue weighted by atomic mass is 16.2. The molecule has 2 aromatic rings. The monoisotopic (exact) mass is 360 g/mol. The van der Waals surface area contributed by atoms with Crippen LogP contribution in [0.4, 0.5) is 5.82 Å². The number of rotatable bonds is 4. The second-order valence-corrected chi connectivity index (χ2v) is 6.83. The third kappa shape index (κ3) is 3.42. The number of nitrogens with zero attached hydrogens (tertiary/aromatic N) is 5. The van der Waals surface area contributed by atoms with Crippen LogP contribution in [0.2, 0.25) is 0 Å². The molecule has 0 radical (unpaired) electrons. The molecule has 9 heteroatoms. The summed E-state index contributed by atoms with van der Waals surface area (Å²) in [6.45, 7) is 5.22. The van der Waals surface area contributed by atoms with Crippen LogP contribution in [0.25, 0.3) is 0 Å². The van der Waals surface area contributed by atoms with Gasteiger partial charge in [0.2, 0.25) is 5.91 Å². The van der Waals surface area contributed by atoms with Crippen LogP contribution >= 0.6 is 0 Å². The fraction of sp³-hybridized carbons (Fsp3) is 0.529. The Hall–Kier alpha value is -2.84. The van der Waals surface area contributed by atoms with E-state index in [9.17, 15) is 14.4 Å². The van der Waals surface area contributed by atoms with E-state index in [-0.39, 0.29) is 29.7 Å². The van der Waals surface area contributed by atoms with Gasteiger partial charge in [-0.05, 0) is 26.3 Å². The van der Waals surface area contributed by atoms with E-state index >= 15 is 0 Å². The highest BCUT2D eigenvalue weighted by molar-refractivity contribution is 5.76. The first-order valence-corrected chi connectivity index (χ1v) is 8.58. The summed E-state index contributed by atoms with van der Waals surface area (Å²) in [5.41, 5.74) is 1.14. The quantitative estimate of drug-likeness (QED) is 0.778. The van der Waals surface area contributed by atoms with Crippen LogP contribution in [0.1, 0.15) is 17.8 Å². The summed E-state index contributed by atoms with van der Waals surface area (Å²) in [7, 11) is 3.10. The van der Waals surface area contributed by atoms with Gasteiger partial charge >= 0.3 is 5.69 Å². The molecule has 1 amide bonds. The molecule has 0 aliphatic carbocycles. The minimum Gasteiger partial charge on any atom is -0.356 e. The van der Waals surface area contributed by atoms with Gasteiger partial charge < -0.3 is 10.2 Å².